The van der Waals surface area contributed by atoms with Gasteiger partial charge in [0.25, 0.3) is 5.91 Å². The number of sulfone groups is 1. The van der Waals surface area contributed by atoms with E-state index in [1.807, 2.05) is 13.8 Å². The Morgan fingerprint density at radius 3 is 2.44 bits per heavy atom. The molecule has 1 aliphatic rings. The van der Waals surface area contributed by atoms with Crippen LogP contribution in [0.1, 0.15) is 39.8 Å². The lowest BCUT2D eigenvalue weighted by atomic mass is 10.1. The number of hydrogen-bond acceptors (Lipinski definition) is 4. The highest BCUT2D eigenvalue weighted by atomic mass is 35.5. The molecule has 6 nitrogen and oxygen atoms in total. The molecule has 0 N–H and O–H groups in total. The van der Waals surface area contributed by atoms with Crippen molar-refractivity contribution in [1.29, 1.82) is 0 Å². The number of hydrogen-bond donors (Lipinski definition) is 0. The topological polar surface area (TPSA) is 72.3 Å². The second-order valence-corrected chi connectivity index (χ2v) is 10.1. The van der Waals surface area contributed by atoms with E-state index in [1.165, 1.54) is 0 Å². The van der Waals surface area contributed by atoms with Crippen molar-refractivity contribution in [3.63, 3.8) is 0 Å². The van der Waals surface area contributed by atoms with E-state index in [0.717, 1.165) is 17.0 Å². The van der Waals surface area contributed by atoms with Gasteiger partial charge in [0.1, 0.15) is 0 Å². The molecule has 27 heavy (non-hydrogen) atoms. The minimum atomic E-state index is -3.00. The molecule has 0 saturated carbocycles. The third kappa shape index (κ3) is 4.31. The van der Waals surface area contributed by atoms with E-state index in [9.17, 15) is 13.2 Å². The van der Waals surface area contributed by atoms with Crippen LogP contribution in [0.5, 0.6) is 0 Å². The molecule has 2 aromatic rings. The summed E-state index contributed by atoms with van der Waals surface area (Å²) in [5.74, 6) is 0.109. The van der Waals surface area contributed by atoms with Crippen molar-refractivity contribution in [1.82, 2.24) is 14.7 Å². The van der Waals surface area contributed by atoms with E-state index in [4.69, 9.17) is 23.2 Å². The average molecular weight is 430 g/mol. The van der Waals surface area contributed by atoms with Gasteiger partial charge in [0.05, 0.1) is 23.2 Å². The summed E-state index contributed by atoms with van der Waals surface area (Å²) in [7, 11) is -1.29. The average Bonchev–Trinajstić information content (AvgIpc) is 3.06. The van der Waals surface area contributed by atoms with Crippen molar-refractivity contribution >= 4 is 38.9 Å². The van der Waals surface area contributed by atoms with Gasteiger partial charge in [0.15, 0.2) is 9.84 Å². The molecule has 3 rings (SSSR count). The number of aromatic nitrogens is 2. The number of carbonyl (C=O) groups is 1. The zero-order valence-corrected chi connectivity index (χ0v) is 17.7. The van der Waals surface area contributed by atoms with E-state index in [-0.39, 0.29) is 23.5 Å². The summed E-state index contributed by atoms with van der Waals surface area (Å²) in [4.78, 5) is 14.3. The van der Waals surface area contributed by atoms with Gasteiger partial charge >= 0.3 is 0 Å². The predicted molar refractivity (Wildman–Crippen MR) is 106 cm³/mol. The second kappa shape index (κ2) is 7.45. The van der Waals surface area contributed by atoms with Gasteiger partial charge in [-0.15, -0.1) is 0 Å². The van der Waals surface area contributed by atoms with Crippen molar-refractivity contribution in [3.8, 4) is 0 Å². The SMILES string of the molecule is Cc1nn([C@@H]2CCS(=O)(=O)C2)c(C)c1CN(C)C(=O)c1cc(Cl)cc(Cl)c1. The summed E-state index contributed by atoms with van der Waals surface area (Å²) in [5.41, 5.74) is 3.02. The highest BCUT2D eigenvalue weighted by molar-refractivity contribution is 7.91. The van der Waals surface area contributed by atoms with Crippen molar-refractivity contribution in [2.75, 3.05) is 18.6 Å². The van der Waals surface area contributed by atoms with Gasteiger partial charge in [-0.05, 0) is 38.5 Å². The Hall–Kier alpha value is -1.57. The fraction of sp³-hybridized carbons (Fsp3) is 0.444. The Labute approximate surface area is 169 Å². The first kappa shape index (κ1) is 20.2. The molecule has 0 aliphatic carbocycles. The zero-order valence-electron chi connectivity index (χ0n) is 15.4. The largest absolute Gasteiger partial charge is 0.337 e. The molecule has 2 heterocycles. The van der Waals surface area contributed by atoms with Crippen LogP contribution in [-0.2, 0) is 16.4 Å². The summed E-state index contributed by atoms with van der Waals surface area (Å²) >= 11 is 12.0. The molecule has 0 unspecified atom stereocenters. The van der Waals surface area contributed by atoms with Gasteiger partial charge < -0.3 is 4.90 Å². The van der Waals surface area contributed by atoms with E-state index in [2.05, 4.69) is 5.10 Å². The minimum absolute atomic E-state index is 0.115. The first-order valence-electron chi connectivity index (χ1n) is 8.54. The third-order valence-electron chi connectivity index (χ3n) is 4.88. The monoisotopic (exact) mass is 429 g/mol. The van der Waals surface area contributed by atoms with Crippen LogP contribution in [0.4, 0.5) is 0 Å². The molecule has 1 aliphatic heterocycles. The highest BCUT2D eigenvalue weighted by Crippen LogP contribution is 2.27. The molecule has 1 aromatic heterocycles. The molecule has 0 spiro atoms. The molecule has 1 fully saturated rings. The van der Waals surface area contributed by atoms with Crippen molar-refractivity contribution in [3.05, 3.63) is 50.8 Å². The van der Waals surface area contributed by atoms with Crippen LogP contribution in [0.15, 0.2) is 18.2 Å². The Bertz CT molecular complexity index is 981. The van der Waals surface area contributed by atoms with Crippen LogP contribution < -0.4 is 0 Å². The smallest absolute Gasteiger partial charge is 0.254 e. The van der Waals surface area contributed by atoms with Crippen molar-refractivity contribution in [2.24, 2.45) is 0 Å². The van der Waals surface area contributed by atoms with Crippen LogP contribution in [0.25, 0.3) is 0 Å². The maximum Gasteiger partial charge on any atom is 0.254 e. The fourth-order valence-corrected chi connectivity index (χ4v) is 5.67. The van der Waals surface area contributed by atoms with Crippen LogP contribution in [0.3, 0.4) is 0 Å². The van der Waals surface area contributed by atoms with E-state index in [1.54, 1.807) is 34.8 Å². The lowest BCUT2D eigenvalue weighted by Gasteiger charge is -2.18. The number of carbonyl (C=O) groups excluding carboxylic acids is 1. The van der Waals surface area contributed by atoms with E-state index in [0.29, 0.717) is 28.6 Å². The molecule has 9 heteroatoms. The fourth-order valence-electron chi connectivity index (χ4n) is 3.46. The van der Waals surface area contributed by atoms with Crippen molar-refractivity contribution < 1.29 is 13.2 Å². The minimum Gasteiger partial charge on any atom is -0.337 e. The molecule has 146 valence electrons. The quantitative estimate of drug-likeness (QED) is 0.745. The summed E-state index contributed by atoms with van der Waals surface area (Å²) in [5, 5.41) is 5.35. The summed E-state index contributed by atoms with van der Waals surface area (Å²) in [6.45, 7) is 4.14. The first-order valence-corrected chi connectivity index (χ1v) is 11.1. The molecular formula is C18H21Cl2N3O3S. The van der Waals surface area contributed by atoms with Gasteiger partial charge in [-0.3, -0.25) is 9.48 Å². The molecule has 1 aromatic carbocycles. The van der Waals surface area contributed by atoms with Crippen LogP contribution in [0, 0.1) is 13.8 Å². The Morgan fingerprint density at radius 2 is 1.89 bits per heavy atom. The predicted octanol–water partition coefficient (Wildman–Crippen LogP) is 3.44. The number of halogens is 2. The molecule has 1 amide bonds. The van der Waals surface area contributed by atoms with E-state index >= 15 is 0 Å². The van der Waals surface area contributed by atoms with Gasteiger partial charge in [0, 0.05) is 40.5 Å². The summed E-state index contributed by atoms with van der Waals surface area (Å²) in [6, 6.07) is 4.60. The highest BCUT2D eigenvalue weighted by Gasteiger charge is 2.31. The Balaban J connectivity index is 1.82. The molecule has 1 atom stereocenters. The van der Waals surface area contributed by atoms with Gasteiger partial charge in [0.2, 0.25) is 0 Å². The number of rotatable bonds is 4. The van der Waals surface area contributed by atoms with Gasteiger partial charge in [-0.2, -0.15) is 5.10 Å². The standard InChI is InChI=1S/C18H21Cl2N3O3S/c1-11-17(12(2)23(21-11)16-4-5-27(25,26)10-16)9-22(3)18(24)13-6-14(19)8-15(20)7-13/h6-8,16H,4-5,9-10H2,1-3H3/t16-/m1/s1. The zero-order chi connectivity index (χ0) is 19.9. The van der Waals surface area contributed by atoms with Gasteiger partial charge in [-0.25, -0.2) is 8.42 Å². The number of amides is 1. The summed E-state index contributed by atoms with van der Waals surface area (Å²) in [6.07, 6.45) is 0.569. The number of benzene rings is 1. The first-order chi connectivity index (χ1) is 12.6. The van der Waals surface area contributed by atoms with E-state index < -0.39 is 9.84 Å². The maximum atomic E-state index is 12.7. The van der Waals surface area contributed by atoms with Gasteiger partial charge in [-0.1, -0.05) is 23.2 Å². The Kier molecular flexibility index (Phi) is 5.57. The maximum absolute atomic E-state index is 12.7. The number of aryl methyl sites for hydroxylation is 1. The second-order valence-electron chi connectivity index (χ2n) is 6.97. The van der Waals surface area contributed by atoms with Crippen molar-refractivity contribution in [2.45, 2.75) is 32.9 Å². The lowest BCUT2D eigenvalue weighted by Crippen LogP contribution is -2.26. The summed E-state index contributed by atoms with van der Waals surface area (Å²) < 4.78 is 25.4. The third-order valence-corrected chi connectivity index (χ3v) is 7.07. The Morgan fingerprint density at radius 1 is 1.26 bits per heavy atom. The lowest BCUT2D eigenvalue weighted by molar-refractivity contribution is 0.0784. The molecule has 0 bridgehead atoms. The normalized spacial score (nSPS) is 18.6. The number of nitrogens with zero attached hydrogens (tertiary/aromatic N) is 3. The van der Waals surface area contributed by atoms with Crippen LogP contribution in [0.2, 0.25) is 10.0 Å². The molecule has 0 radical (unpaired) electrons. The van der Waals surface area contributed by atoms with Crippen LogP contribution >= 0.6 is 23.2 Å². The van der Waals surface area contributed by atoms with Crippen LogP contribution in [-0.4, -0.2) is 47.6 Å². The molecule has 1 saturated heterocycles. The molecular weight excluding hydrogens is 409 g/mol.